The molecule has 2 aromatic heterocycles. The summed E-state index contributed by atoms with van der Waals surface area (Å²) in [6.07, 6.45) is 0. The molecule has 1 atom stereocenters. The first-order chi connectivity index (χ1) is 19.8. The van der Waals surface area contributed by atoms with Crippen LogP contribution in [0.3, 0.4) is 0 Å². The zero-order valence-electron chi connectivity index (χ0n) is 21.5. The fraction of sp³-hybridized carbons (Fsp3) is 0.0270. The summed E-state index contributed by atoms with van der Waals surface area (Å²) in [6.45, 7) is 0. The van der Waals surface area contributed by atoms with E-state index in [0.717, 1.165) is 22.5 Å². The van der Waals surface area contributed by atoms with Gasteiger partial charge in [-0.1, -0.05) is 91.0 Å². The summed E-state index contributed by atoms with van der Waals surface area (Å²) < 4.78 is 9.24. The number of rotatable bonds is 0. The molecule has 40 heavy (non-hydrogen) atoms. The summed E-state index contributed by atoms with van der Waals surface area (Å²) >= 11 is 0. The predicted octanol–water partition coefficient (Wildman–Crippen LogP) is 9.22. The topological polar surface area (TPSA) is 29.9 Å². The molecule has 1 spiro atoms. The molecule has 0 amide bonds. The normalized spacial score (nSPS) is 16.8. The predicted molar refractivity (Wildman–Crippen MR) is 162 cm³/mol. The Morgan fingerprint density at radius 2 is 1.23 bits per heavy atom. The van der Waals surface area contributed by atoms with E-state index in [1.54, 1.807) is 0 Å². The zero-order valence-corrected chi connectivity index (χ0v) is 21.5. The highest BCUT2D eigenvalue weighted by Gasteiger charge is 2.50. The second-order valence-electron chi connectivity index (χ2n) is 11.0. The highest BCUT2D eigenvalue weighted by atomic mass is 16.5. The van der Waals surface area contributed by atoms with E-state index in [4.69, 9.17) is 4.74 Å². The fourth-order valence-corrected chi connectivity index (χ4v) is 7.67. The number of nitrogens with zero attached hydrogens (tertiary/aromatic N) is 1. The van der Waals surface area contributed by atoms with Crippen molar-refractivity contribution in [2.45, 2.75) is 5.41 Å². The van der Waals surface area contributed by atoms with Crippen molar-refractivity contribution in [2.24, 2.45) is 0 Å². The Labute approximate surface area is 229 Å². The monoisotopic (exact) mass is 510 g/mol. The molecule has 186 valence electrons. The van der Waals surface area contributed by atoms with Gasteiger partial charge in [0.25, 0.3) is 0 Å². The highest BCUT2D eigenvalue weighted by Crippen LogP contribution is 2.60. The molecular formula is C37H22N2O. The van der Waals surface area contributed by atoms with Crippen LogP contribution in [0.1, 0.15) is 22.3 Å². The van der Waals surface area contributed by atoms with Crippen molar-refractivity contribution in [3.63, 3.8) is 0 Å². The lowest BCUT2D eigenvalue weighted by atomic mass is 9.61. The lowest BCUT2D eigenvalue weighted by molar-refractivity contribution is 0.435. The Hall–Kier alpha value is -5.28. The average Bonchev–Trinajstić information content (AvgIpc) is 3.54. The minimum Gasteiger partial charge on any atom is -0.457 e. The minimum atomic E-state index is -0.545. The molecule has 0 radical (unpaired) electrons. The van der Waals surface area contributed by atoms with Crippen molar-refractivity contribution in [2.75, 3.05) is 0 Å². The van der Waals surface area contributed by atoms with E-state index in [-0.39, 0.29) is 0 Å². The van der Waals surface area contributed by atoms with Crippen molar-refractivity contribution < 1.29 is 4.74 Å². The Kier molecular flexibility index (Phi) is 3.62. The van der Waals surface area contributed by atoms with Gasteiger partial charge in [0.15, 0.2) is 0 Å². The number of fused-ring (bicyclic) bond motifs is 14. The number of para-hydroxylation sites is 5. The summed E-state index contributed by atoms with van der Waals surface area (Å²) in [5.41, 5.74) is 10.3. The van der Waals surface area contributed by atoms with Crippen LogP contribution in [0.2, 0.25) is 0 Å². The third-order valence-corrected chi connectivity index (χ3v) is 9.17. The summed E-state index contributed by atoms with van der Waals surface area (Å²) in [7, 11) is 0. The SMILES string of the molecule is c1ccc2c(c1)Oc1cc3c(cc1C21c2ccccc2-n2c4ccccc4c4cccc1c42)[nH]c1ccccc13. The number of hydrogen-bond acceptors (Lipinski definition) is 1. The van der Waals surface area contributed by atoms with Gasteiger partial charge in [-0.3, -0.25) is 0 Å². The highest BCUT2D eigenvalue weighted by molar-refractivity contribution is 6.13. The molecule has 1 N–H and O–H groups in total. The molecule has 6 aromatic carbocycles. The molecule has 0 aliphatic carbocycles. The summed E-state index contributed by atoms with van der Waals surface area (Å²) in [5.74, 6) is 1.82. The van der Waals surface area contributed by atoms with Gasteiger partial charge in [0.1, 0.15) is 11.5 Å². The van der Waals surface area contributed by atoms with Gasteiger partial charge in [-0.2, -0.15) is 0 Å². The number of benzene rings is 6. The number of nitrogens with one attached hydrogen (secondary N) is 1. The van der Waals surface area contributed by atoms with E-state index >= 15 is 0 Å². The number of H-pyrrole nitrogens is 1. The van der Waals surface area contributed by atoms with Gasteiger partial charge in [0.2, 0.25) is 0 Å². The standard InChI is InChI=1S/C37H22N2O/c1-5-16-30-22(10-1)25-20-35-29(21-31(25)38-30)37(27-14-4-8-19-34(27)40-35)26-13-3-7-18-33(26)39-32-17-6-2-11-23(32)24-12-9-15-28(37)36(24)39/h1-21,38H. The van der Waals surface area contributed by atoms with Crippen molar-refractivity contribution in [1.29, 1.82) is 0 Å². The number of hydrogen-bond donors (Lipinski definition) is 1. The van der Waals surface area contributed by atoms with Gasteiger partial charge in [0, 0.05) is 43.7 Å². The molecule has 0 saturated heterocycles. The summed E-state index contributed by atoms with van der Waals surface area (Å²) in [5, 5.41) is 4.94. The van der Waals surface area contributed by atoms with Crippen molar-refractivity contribution in [3.05, 3.63) is 150 Å². The van der Waals surface area contributed by atoms with E-state index in [1.807, 2.05) is 0 Å². The van der Waals surface area contributed by atoms with Crippen LogP contribution >= 0.6 is 0 Å². The molecule has 8 aromatic rings. The van der Waals surface area contributed by atoms with Gasteiger partial charge in [-0.25, -0.2) is 0 Å². The van der Waals surface area contributed by atoms with Gasteiger partial charge < -0.3 is 14.3 Å². The van der Waals surface area contributed by atoms with Gasteiger partial charge in [0.05, 0.1) is 22.1 Å². The van der Waals surface area contributed by atoms with Crippen molar-refractivity contribution in [1.82, 2.24) is 9.55 Å². The quantitative estimate of drug-likeness (QED) is 0.216. The lowest BCUT2D eigenvalue weighted by Gasteiger charge is -2.45. The smallest absolute Gasteiger partial charge is 0.133 e. The minimum absolute atomic E-state index is 0.545. The van der Waals surface area contributed by atoms with E-state index in [9.17, 15) is 0 Å². The van der Waals surface area contributed by atoms with Gasteiger partial charge in [-0.05, 0) is 47.5 Å². The molecular weight excluding hydrogens is 488 g/mol. The maximum Gasteiger partial charge on any atom is 0.133 e. The largest absolute Gasteiger partial charge is 0.457 e. The van der Waals surface area contributed by atoms with Crippen LogP contribution in [0.4, 0.5) is 0 Å². The molecule has 1 unspecified atom stereocenters. The van der Waals surface area contributed by atoms with Crippen LogP contribution in [0, 0.1) is 0 Å². The molecule has 2 aliphatic rings. The molecule has 0 saturated carbocycles. The van der Waals surface area contributed by atoms with Crippen LogP contribution in [-0.2, 0) is 5.41 Å². The molecule has 4 heterocycles. The third kappa shape index (κ3) is 2.26. The van der Waals surface area contributed by atoms with E-state index in [2.05, 4.69) is 137 Å². The van der Waals surface area contributed by atoms with Crippen LogP contribution in [0.5, 0.6) is 11.5 Å². The van der Waals surface area contributed by atoms with E-state index < -0.39 is 5.41 Å². The molecule has 3 heteroatoms. The van der Waals surface area contributed by atoms with Crippen molar-refractivity contribution >= 4 is 43.6 Å². The van der Waals surface area contributed by atoms with Crippen molar-refractivity contribution in [3.8, 4) is 17.2 Å². The third-order valence-electron chi connectivity index (χ3n) is 9.17. The Morgan fingerprint density at radius 3 is 2.17 bits per heavy atom. The summed E-state index contributed by atoms with van der Waals surface area (Å²) in [4.78, 5) is 3.70. The molecule has 2 aliphatic heterocycles. The van der Waals surface area contributed by atoms with E-state index in [0.29, 0.717) is 0 Å². The number of ether oxygens (including phenoxy) is 1. The van der Waals surface area contributed by atoms with Crippen LogP contribution in [0.15, 0.2) is 127 Å². The van der Waals surface area contributed by atoms with E-state index in [1.165, 1.54) is 60.5 Å². The number of aromatic nitrogens is 2. The van der Waals surface area contributed by atoms with Crippen LogP contribution in [0.25, 0.3) is 49.3 Å². The average molecular weight is 511 g/mol. The fourth-order valence-electron chi connectivity index (χ4n) is 7.67. The van der Waals surface area contributed by atoms with Gasteiger partial charge in [-0.15, -0.1) is 0 Å². The second-order valence-corrected chi connectivity index (χ2v) is 11.0. The first-order valence-electron chi connectivity index (χ1n) is 13.8. The molecule has 3 nitrogen and oxygen atoms in total. The van der Waals surface area contributed by atoms with Crippen LogP contribution < -0.4 is 4.74 Å². The molecule has 0 bridgehead atoms. The number of aromatic amines is 1. The maximum absolute atomic E-state index is 6.77. The zero-order chi connectivity index (χ0) is 26.0. The first-order valence-corrected chi connectivity index (χ1v) is 13.8. The second kappa shape index (κ2) is 7.02. The Morgan fingerprint density at radius 1 is 0.500 bits per heavy atom. The first kappa shape index (κ1) is 20.7. The van der Waals surface area contributed by atoms with Gasteiger partial charge >= 0.3 is 0 Å². The molecule has 0 fully saturated rings. The molecule has 10 rings (SSSR count). The Bertz CT molecular complexity index is 2370. The maximum atomic E-state index is 6.77. The Balaban J connectivity index is 1.47. The lowest BCUT2D eigenvalue weighted by Crippen LogP contribution is -2.37. The summed E-state index contributed by atoms with van der Waals surface area (Å²) in [6, 6.07) is 46.2. The van der Waals surface area contributed by atoms with Crippen LogP contribution in [-0.4, -0.2) is 9.55 Å².